The lowest BCUT2D eigenvalue weighted by Gasteiger charge is -2.20. The van der Waals surface area contributed by atoms with E-state index in [1.165, 1.54) is 40.5 Å². The van der Waals surface area contributed by atoms with E-state index in [0.29, 0.717) is 34.8 Å². The molecule has 0 aromatic heterocycles. The first-order valence-electron chi connectivity index (χ1n) is 9.81. The van der Waals surface area contributed by atoms with Crippen molar-refractivity contribution in [3.8, 4) is 28.7 Å². The smallest absolute Gasteiger partial charge is 1.00 e. The lowest BCUT2D eigenvalue weighted by atomic mass is 9.92. The molecule has 0 saturated carbocycles. The van der Waals surface area contributed by atoms with Crippen molar-refractivity contribution in [1.29, 1.82) is 0 Å². The standard InChI is InChI=1S/C22H25NO9.ClH/c1-23(27)8-7-12-9-17-21(32-11-31-17)19(29-3)14(12)10-15(24)13-5-6-16(28-2)20(30-4)18(13)22(25)26;/h5-6,9,23H,7-8,10-11H2,1-4H3,(H,25,26);1H. The van der Waals surface area contributed by atoms with Gasteiger partial charge in [0.1, 0.15) is 5.56 Å². The number of carboxylic acid groups (broad SMARTS) is 1. The van der Waals surface area contributed by atoms with Crippen LogP contribution in [0.2, 0.25) is 0 Å². The summed E-state index contributed by atoms with van der Waals surface area (Å²) in [5.74, 6) is -0.474. The van der Waals surface area contributed by atoms with E-state index >= 15 is 0 Å². The number of carbonyl (C=O) groups excluding carboxylic acids is 1. The third kappa shape index (κ3) is 5.24. The van der Waals surface area contributed by atoms with E-state index in [1.54, 1.807) is 6.07 Å². The summed E-state index contributed by atoms with van der Waals surface area (Å²) in [6, 6.07) is 4.59. The molecule has 1 aliphatic rings. The van der Waals surface area contributed by atoms with Gasteiger partial charge in [-0.05, 0) is 23.8 Å². The van der Waals surface area contributed by atoms with Crippen LogP contribution in [0.5, 0.6) is 28.7 Å². The second-order valence-electron chi connectivity index (χ2n) is 7.11. The Labute approximate surface area is 198 Å². The Morgan fingerprint density at radius 2 is 1.85 bits per heavy atom. The van der Waals surface area contributed by atoms with Gasteiger partial charge in [-0.2, -0.15) is 0 Å². The molecule has 1 unspecified atom stereocenters. The molecule has 2 N–H and O–H groups in total. The third-order valence-corrected chi connectivity index (χ3v) is 5.16. The molecule has 33 heavy (non-hydrogen) atoms. The number of ether oxygens (including phenoxy) is 5. The van der Waals surface area contributed by atoms with Crippen LogP contribution in [0.1, 0.15) is 33.3 Å². The normalized spacial score (nSPS) is 12.5. The monoisotopic (exact) mass is 483 g/mol. The van der Waals surface area contributed by atoms with Gasteiger partial charge in [0.2, 0.25) is 12.5 Å². The van der Waals surface area contributed by atoms with Gasteiger partial charge in [0, 0.05) is 24.0 Å². The van der Waals surface area contributed by atoms with E-state index in [-0.39, 0.29) is 61.3 Å². The molecule has 0 amide bonds. The third-order valence-electron chi connectivity index (χ3n) is 5.16. The first-order valence-corrected chi connectivity index (χ1v) is 9.81. The Morgan fingerprint density at radius 3 is 2.42 bits per heavy atom. The fourth-order valence-corrected chi connectivity index (χ4v) is 3.67. The van der Waals surface area contributed by atoms with Gasteiger partial charge in [-0.15, -0.1) is 0 Å². The van der Waals surface area contributed by atoms with Gasteiger partial charge in [-0.25, -0.2) is 4.79 Å². The highest BCUT2D eigenvalue weighted by atomic mass is 35.5. The van der Waals surface area contributed by atoms with Crippen molar-refractivity contribution in [3.05, 3.63) is 45.7 Å². The van der Waals surface area contributed by atoms with Crippen LogP contribution in [0.15, 0.2) is 18.2 Å². The highest BCUT2D eigenvalue weighted by Gasteiger charge is 2.29. The Kier molecular flexibility index (Phi) is 8.75. The van der Waals surface area contributed by atoms with Crippen LogP contribution in [-0.4, -0.2) is 58.6 Å². The molecule has 1 atom stereocenters. The van der Waals surface area contributed by atoms with Crippen molar-refractivity contribution in [1.82, 2.24) is 0 Å². The van der Waals surface area contributed by atoms with E-state index in [4.69, 9.17) is 23.7 Å². The number of aromatic carboxylic acids is 1. The maximum Gasteiger partial charge on any atom is 1.00 e. The van der Waals surface area contributed by atoms with Gasteiger partial charge < -0.3 is 51.5 Å². The maximum atomic E-state index is 13.3. The minimum atomic E-state index is -1.32. The molecule has 2 aromatic carbocycles. The average Bonchev–Trinajstić information content (AvgIpc) is 3.24. The fraction of sp³-hybridized carbons (Fsp3) is 0.364. The van der Waals surface area contributed by atoms with Crippen molar-refractivity contribution in [2.75, 3.05) is 41.7 Å². The second-order valence-corrected chi connectivity index (χ2v) is 7.11. The lowest BCUT2D eigenvalue weighted by Crippen LogP contribution is -3.04. The molecule has 0 bridgehead atoms. The van der Waals surface area contributed by atoms with Crippen molar-refractivity contribution in [2.45, 2.75) is 12.8 Å². The molecule has 0 saturated heterocycles. The zero-order chi connectivity index (χ0) is 23.4. The first kappa shape index (κ1) is 26.0. The number of benzene rings is 2. The number of methoxy groups -OCH3 is 3. The van der Waals surface area contributed by atoms with Crippen LogP contribution < -0.4 is 41.2 Å². The Balaban J connectivity index is 0.00000289. The van der Waals surface area contributed by atoms with E-state index in [2.05, 4.69) is 0 Å². The van der Waals surface area contributed by atoms with Gasteiger partial charge in [-0.1, -0.05) is 0 Å². The topological polar surface area (TPSA) is 128 Å². The van der Waals surface area contributed by atoms with Gasteiger partial charge >= 0.3 is 7.40 Å². The van der Waals surface area contributed by atoms with Crippen molar-refractivity contribution in [2.24, 2.45) is 0 Å². The van der Waals surface area contributed by atoms with E-state index in [9.17, 15) is 19.9 Å². The maximum absolute atomic E-state index is 13.3. The Morgan fingerprint density at radius 1 is 1.15 bits per heavy atom. The summed E-state index contributed by atoms with van der Waals surface area (Å²) in [6.07, 6.45) is 0.186. The number of carboxylic acids is 1. The molecule has 0 radical (unpaired) electrons. The number of ketones is 1. The molecule has 1 aliphatic heterocycles. The second kappa shape index (κ2) is 11.1. The minimum Gasteiger partial charge on any atom is -1.00 e. The van der Waals surface area contributed by atoms with Crippen LogP contribution in [0.25, 0.3) is 0 Å². The highest BCUT2D eigenvalue weighted by molar-refractivity contribution is 6.09. The first-order chi connectivity index (χ1) is 15.3. The van der Waals surface area contributed by atoms with Crippen LogP contribution in [0, 0.1) is 5.21 Å². The summed E-state index contributed by atoms with van der Waals surface area (Å²) < 4.78 is 26.9. The molecule has 3 rings (SSSR count). The minimum absolute atomic E-state index is 0. The number of quaternary nitrogens is 1. The predicted octanol–water partition coefficient (Wildman–Crippen LogP) is -1.76. The number of fused-ring (bicyclic) bond motifs is 1. The van der Waals surface area contributed by atoms with Crippen molar-refractivity contribution < 1.29 is 57.3 Å². The van der Waals surface area contributed by atoms with Crippen molar-refractivity contribution in [3.63, 3.8) is 0 Å². The van der Waals surface area contributed by atoms with Gasteiger partial charge in [-0.3, -0.25) is 4.79 Å². The molecule has 180 valence electrons. The van der Waals surface area contributed by atoms with Crippen LogP contribution in [0.4, 0.5) is 0 Å². The predicted molar refractivity (Wildman–Crippen MR) is 114 cm³/mol. The number of nitrogens with one attached hydrogen (secondary N) is 1. The van der Waals surface area contributed by atoms with Gasteiger partial charge in [0.05, 0.1) is 34.9 Å². The SMILES string of the molecule is COc1ccc(C(=O)Cc2c(CC[NH+](C)[O-])cc3c(c2OC)OCO3)c(C(=O)O)c1OC.[Cl-].[H+]. The zero-order valence-corrected chi connectivity index (χ0v) is 19.4. The molecule has 2 aromatic rings. The summed E-state index contributed by atoms with van der Waals surface area (Å²) in [4.78, 5) is 25.3. The Hall–Kier alpha value is -3.21. The molecule has 1 heterocycles. The highest BCUT2D eigenvalue weighted by Crippen LogP contribution is 2.45. The molecule has 0 aliphatic carbocycles. The number of rotatable bonds is 10. The van der Waals surface area contributed by atoms with Crippen LogP contribution in [0.3, 0.4) is 0 Å². The fourth-order valence-electron chi connectivity index (χ4n) is 3.67. The number of likely N-dealkylation sites (N-methyl/N-ethyl adjacent to an activating group) is 1. The largest absolute Gasteiger partial charge is 1.00 e. The summed E-state index contributed by atoms with van der Waals surface area (Å²) in [6.45, 7) is 0.273. The number of hydroxylamine groups is 2. The molecule has 11 heteroatoms. The van der Waals surface area contributed by atoms with E-state index in [0.717, 1.165) is 0 Å². The zero-order valence-electron chi connectivity index (χ0n) is 19.7. The summed E-state index contributed by atoms with van der Waals surface area (Å²) in [7, 11) is 5.61. The quantitative estimate of drug-likeness (QED) is 0.298. The molecule has 0 fully saturated rings. The summed E-state index contributed by atoms with van der Waals surface area (Å²) >= 11 is 0. The summed E-state index contributed by atoms with van der Waals surface area (Å²) in [5, 5.41) is 21.3. The molecular weight excluding hydrogens is 458 g/mol. The summed E-state index contributed by atoms with van der Waals surface area (Å²) in [5.41, 5.74) is 0.871. The van der Waals surface area contributed by atoms with E-state index in [1.807, 2.05) is 0 Å². The molecule has 0 spiro atoms. The van der Waals surface area contributed by atoms with Gasteiger partial charge in [0.15, 0.2) is 28.8 Å². The Bertz CT molecular complexity index is 1050. The number of halogens is 1. The van der Waals surface area contributed by atoms with Crippen molar-refractivity contribution >= 4 is 11.8 Å². The average molecular weight is 484 g/mol. The van der Waals surface area contributed by atoms with Crippen LogP contribution >= 0.6 is 0 Å². The lowest BCUT2D eigenvalue weighted by molar-refractivity contribution is -0.825. The number of hydrogen-bond acceptors (Lipinski definition) is 8. The number of carbonyl (C=O) groups is 2. The molecular formula is C22H26ClNO9. The number of hydrogen-bond donors (Lipinski definition) is 2. The van der Waals surface area contributed by atoms with E-state index < -0.39 is 11.8 Å². The number of Topliss-reactive ketones (excluding diaryl/α,β-unsaturated/α-hetero) is 1. The van der Waals surface area contributed by atoms with Gasteiger partial charge in [0.25, 0.3) is 0 Å². The van der Waals surface area contributed by atoms with Crippen LogP contribution in [-0.2, 0) is 12.8 Å². The molecule has 10 nitrogen and oxygen atoms in total.